The first-order valence-electron chi connectivity index (χ1n) is 6.23. The van der Waals surface area contributed by atoms with E-state index in [1.54, 1.807) is 12.1 Å². The molecule has 6 nitrogen and oxygen atoms in total. The number of ether oxygens (including phenoxy) is 1. The third kappa shape index (κ3) is 2.94. The van der Waals surface area contributed by atoms with Gasteiger partial charge in [0.25, 0.3) is 0 Å². The molecule has 0 aromatic carbocycles. The van der Waals surface area contributed by atoms with Crippen LogP contribution >= 0.6 is 0 Å². The molecular weight excluding hydrogens is 266 g/mol. The summed E-state index contributed by atoms with van der Waals surface area (Å²) in [6, 6.07) is 3.02. The molecule has 7 heteroatoms. The standard InChI is InChI=1S/C12H19N3O3S/c1-9-8-18-10(2)7-15(9)19(16,17)12-4-3-11(5-13)14-6-12/h3-4,6,9-10H,5,7-8,13H2,1-2H3. The van der Waals surface area contributed by atoms with Gasteiger partial charge in [0.1, 0.15) is 4.90 Å². The minimum Gasteiger partial charge on any atom is -0.375 e. The second-order valence-electron chi connectivity index (χ2n) is 4.76. The third-order valence-electron chi connectivity index (χ3n) is 3.16. The fourth-order valence-electron chi connectivity index (χ4n) is 2.03. The van der Waals surface area contributed by atoms with E-state index in [4.69, 9.17) is 10.5 Å². The van der Waals surface area contributed by atoms with Gasteiger partial charge in [-0.2, -0.15) is 4.31 Å². The first kappa shape index (κ1) is 14.4. The van der Waals surface area contributed by atoms with E-state index in [1.165, 1.54) is 10.5 Å². The monoisotopic (exact) mass is 285 g/mol. The molecule has 19 heavy (non-hydrogen) atoms. The molecule has 1 fully saturated rings. The Morgan fingerprint density at radius 2 is 2.21 bits per heavy atom. The number of hydrogen-bond donors (Lipinski definition) is 1. The topological polar surface area (TPSA) is 85.5 Å². The maximum absolute atomic E-state index is 12.5. The Kier molecular flexibility index (Phi) is 4.19. The van der Waals surface area contributed by atoms with Crippen molar-refractivity contribution in [1.82, 2.24) is 9.29 Å². The molecule has 1 aliphatic rings. The Morgan fingerprint density at radius 1 is 1.47 bits per heavy atom. The predicted octanol–water partition coefficient (Wildman–Crippen LogP) is 0.338. The Morgan fingerprint density at radius 3 is 2.79 bits per heavy atom. The summed E-state index contributed by atoms with van der Waals surface area (Å²) >= 11 is 0. The van der Waals surface area contributed by atoms with Crippen molar-refractivity contribution >= 4 is 10.0 Å². The molecule has 0 saturated carbocycles. The highest BCUT2D eigenvalue weighted by Crippen LogP contribution is 2.21. The van der Waals surface area contributed by atoms with Gasteiger partial charge in [0, 0.05) is 25.3 Å². The highest BCUT2D eigenvalue weighted by molar-refractivity contribution is 7.89. The van der Waals surface area contributed by atoms with E-state index < -0.39 is 10.0 Å². The predicted molar refractivity (Wildman–Crippen MR) is 70.9 cm³/mol. The van der Waals surface area contributed by atoms with Crippen LogP contribution in [-0.2, 0) is 21.3 Å². The minimum absolute atomic E-state index is 0.0951. The molecule has 1 aliphatic heterocycles. The second-order valence-corrected chi connectivity index (χ2v) is 6.65. The lowest BCUT2D eigenvalue weighted by atomic mass is 10.2. The van der Waals surface area contributed by atoms with Gasteiger partial charge in [-0.05, 0) is 26.0 Å². The average molecular weight is 285 g/mol. The normalized spacial score (nSPS) is 25.4. The molecular formula is C12H19N3O3S. The van der Waals surface area contributed by atoms with Crippen LogP contribution in [0.5, 0.6) is 0 Å². The van der Waals surface area contributed by atoms with Gasteiger partial charge in [0.05, 0.1) is 18.4 Å². The van der Waals surface area contributed by atoms with Crippen LogP contribution in [0.1, 0.15) is 19.5 Å². The van der Waals surface area contributed by atoms with Gasteiger partial charge in [-0.3, -0.25) is 4.98 Å². The van der Waals surface area contributed by atoms with Crippen LogP contribution in [-0.4, -0.2) is 43.0 Å². The van der Waals surface area contributed by atoms with Crippen LogP contribution in [0.4, 0.5) is 0 Å². The van der Waals surface area contributed by atoms with Gasteiger partial charge >= 0.3 is 0 Å². The summed E-state index contributed by atoms with van der Waals surface area (Å²) in [6.45, 7) is 4.78. The van der Waals surface area contributed by atoms with E-state index in [0.29, 0.717) is 25.4 Å². The molecule has 0 aliphatic carbocycles. The van der Waals surface area contributed by atoms with Crippen molar-refractivity contribution in [3.8, 4) is 0 Å². The van der Waals surface area contributed by atoms with Crippen molar-refractivity contribution in [2.45, 2.75) is 37.4 Å². The van der Waals surface area contributed by atoms with Crippen molar-refractivity contribution in [2.75, 3.05) is 13.2 Å². The summed E-state index contributed by atoms with van der Waals surface area (Å²) < 4.78 is 32.0. The largest absolute Gasteiger partial charge is 0.375 e. The van der Waals surface area contributed by atoms with Crippen LogP contribution in [0.25, 0.3) is 0 Å². The van der Waals surface area contributed by atoms with Gasteiger partial charge < -0.3 is 10.5 Å². The second kappa shape index (κ2) is 5.54. The van der Waals surface area contributed by atoms with E-state index in [1.807, 2.05) is 13.8 Å². The maximum Gasteiger partial charge on any atom is 0.245 e. The summed E-state index contributed by atoms with van der Waals surface area (Å²) in [7, 11) is -3.52. The number of nitrogens with zero attached hydrogens (tertiary/aromatic N) is 2. The lowest BCUT2D eigenvalue weighted by Gasteiger charge is -2.35. The van der Waals surface area contributed by atoms with Gasteiger partial charge in [0.2, 0.25) is 10.0 Å². The molecule has 106 valence electrons. The van der Waals surface area contributed by atoms with Crippen molar-refractivity contribution in [1.29, 1.82) is 0 Å². The third-order valence-corrected chi connectivity index (χ3v) is 5.13. The van der Waals surface area contributed by atoms with Crippen molar-refractivity contribution < 1.29 is 13.2 Å². The Balaban J connectivity index is 2.29. The van der Waals surface area contributed by atoms with Crippen LogP contribution < -0.4 is 5.73 Å². The maximum atomic E-state index is 12.5. The summed E-state index contributed by atoms with van der Waals surface area (Å²) in [5.74, 6) is 0. The van der Waals surface area contributed by atoms with Gasteiger partial charge in [-0.25, -0.2) is 8.42 Å². The first-order chi connectivity index (χ1) is 8.95. The molecule has 1 aromatic heterocycles. The van der Waals surface area contributed by atoms with Crippen LogP contribution in [0.3, 0.4) is 0 Å². The van der Waals surface area contributed by atoms with E-state index in [0.717, 1.165) is 0 Å². The Labute approximate surface area is 113 Å². The Bertz CT molecular complexity index is 530. The molecule has 1 aromatic rings. The number of aromatic nitrogens is 1. The number of morpholine rings is 1. The number of hydrogen-bond acceptors (Lipinski definition) is 5. The zero-order valence-electron chi connectivity index (χ0n) is 11.1. The number of rotatable bonds is 3. The summed E-state index contributed by atoms with van der Waals surface area (Å²) in [4.78, 5) is 4.24. The van der Waals surface area contributed by atoms with Crippen LogP contribution in [0.15, 0.2) is 23.2 Å². The van der Waals surface area contributed by atoms with Crippen molar-refractivity contribution in [3.05, 3.63) is 24.0 Å². The first-order valence-corrected chi connectivity index (χ1v) is 7.67. The minimum atomic E-state index is -3.52. The van der Waals surface area contributed by atoms with Gasteiger partial charge in [-0.15, -0.1) is 0 Å². The van der Waals surface area contributed by atoms with Crippen LogP contribution in [0.2, 0.25) is 0 Å². The average Bonchev–Trinajstić information content (AvgIpc) is 2.41. The summed E-state index contributed by atoms with van der Waals surface area (Å²) in [5, 5.41) is 0. The van der Waals surface area contributed by atoms with Crippen LogP contribution in [0, 0.1) is 0 Å². The molecule has 1 saturated heterocycles. The zero-order chi connectivity index (χ0) is 14.0. The number of nitrogens with two attached hydrogens (primary N) is 1. The SMILES string of the molecule is CC1CN(S(=O)(=O)c2ccc(CN)nc2)C(C)CO1. The fraction of sp³-hybridized carbons (Fsp3) is 0.583. The molecule has 0 amide bonds. The van der Waals surface area contributed by atoms with E-state index in [2.05, 4.69) is 4.98 Å². The molecule has 2 unspecified atom stereocenters. The fourth-order valence-corrected chi connectivity index (χ4v) is 3.66. The van der Waals surface area contributed by atoms with Gasteiger partial charge in [-0.1, -0.05) is 0 Å². The zero-order valence-corrected chi connectivity index (χ0v) is 11.9. The van der Waals surface area contributed by atoms with E-state index >= 15 is 0 Å². The molecule has 2 rings (SSSR count). The summed E-state index contributed by atoms with van der Waals surface area (Å²) in [5.41, 5.74) is 6.12. The molecule has 0 radical (unpaired) electrons. The lowest BCUT2D eigenvalue weighted by Crippen LogP contribution is -2.50. The summed E-state index contributed by atoms with van der Waals surface area (Å²) in [6.07, 6.45) is 1.27. The van der Waals surface area contributed by atoms with Crippen molar-refractivity contribution in [2.24, 2.45) is 5.73 Å². The number of sulfonamides is 1. The molecule has 0 bridgehead atoms. The quantitative estimate of drug-likeness (QED) is 0.865. The van der Waals surface area contributed by atoms with E-state index in [-0.39, 0.29) is 17.0 Å². The van der Waals surface area contributed by atoms with E-state index in [9.17, 15) is 8.42 Å². The molecule has 2 heterocycles. The highest BCUT2D eigenvalue weighted by Gasteiger charge is 2.34. The molecule has 2 atom stereocenters. The number of pyridine rings is 1. The lowest BCUT2D eigenvalue weighted by molar-refractivity contribution is -0.0170. The Hall–Kier alpha value is -1.02. The molecule has 2 N–H and O–H groups in total. The van der Waals surface area contributed by atoms with Gasteiger partial charge in [0.15, 0.2) is 0 Å². The smallest absolute Gasteiger partial charge is 0.245 e. The van der Waals surface area contributed by atoms with Crippen molar-refractivity contribution in [3.63, 3.8) is 0 Å². The molecule has 0 spiro atoms. The highest BCUT2D eigenvalue weighted by atomic mass is 32.2.